The summed E-state index contributed by atoms with van der Waals surface area (Å²) in [6.45, 7) is 9.76. The second kappa shape index (κ2) is 10.8. The van der Waals surface area contributed by atoms with E-state index < -0.39 is 0 Å². The molecule has 0 radical (unpaired) electrons. The fraction of sp³-hybridized carbons (Fsp3) is 0.375. The Hall–Kier alpha value is -4.30. The molecule has 0 saturated heterocycles. The third-order valence-electron chi connectivity index (χ3n) is 13.9. The lowest BCUT2D eigenvalue weighted by Gasteiger charge is -2.63. The molecule has 2 heteroatoms. The molecule has 6 aliphatic rings. The normalized spacial score (nSPS) is 27.6. The highest BCUT2D eigenvalue weighted by Crippen LogP contribution is 2.70. The van der Waals surface area contributed by atoms with Crippen LogP contribution in [0.15, 0.2) is 115 Å². The number of anilines is 3. The van der Waals surface area contributed by atoms with Crippen LogP contribution in [0.4, 0.5) is 17.1 Å². The molecule has 5 aromatic rings. The number of hydrogen-bond donors (Lipinski definition) is 0. The first-order chi connectivity index (χ1) is 24.2. The molecule has 0 N–H and O–H groups in total. The van der Waals surface area contributed by atoms with Gasteiger partial charge in [-0.1, -0.05) is 107 Å². The lowest BCUT2D eigenvalue weighted by molar-refractivity contribution is -0.0449. The van der Waals surface area contributed by atoms with Crippen molar-refractivity contribution < 1.29 is 4.74 Å². The highest BCUT2D eigenvalue weighted by atomic mass is 16.5. The molecule has 1 heterocycles. The van der Waals surface area contributed by atoms with E-state index in [2.05, 4.69) is 148 Å². The summed E-state index contributed by atoms with van der Waals surface area (Å²) in [5.41, 5.74) is 12.2. The smallest absolute Gasteiger partial charge is 0.134 e. The second-order valence-electron chi connectivity index (χ2n) is 17.6. The fourth-order valence-corrected chi connectivity index (χ4v) is 11.9. The third-order valence-corrected chi connectivity index (χ3v) is 13.9. The summed E-state index contributed by atoms with van der Waals surface area (Å²) in [4.78, 5) is 2.54. The Balaban J connectivity index is 1.28. The summed E-state index contributed by atoms with van der Waals surface area (Å²) in [5, 5.41) is 0. The molecule has 5 aromatic carbocycles. The number of benzene rings is 5. The van der Waals surface area contributed by atoms with Crippen molar-refractivity contribution in [3.05, 3.63) is 138 Å². The van der Waals surface area contributed by atoms with Gasteiger partial charge in [0.05, 0.1) is 11.4 Å². The molecule has 2 nitrogen and oxygen atoms in total. The fourth-order valence-electron chi connectivity index (χ4n) is 11.9. The van der Waals surface area contributed by atoms with E-state index in [4.69, 9.17) is 4.74 Å². The van der Waals surface area contributed by atoms with Crippen LogP contribution in [0.1, 0.15) is 94.9 Å². The molecule has 50 heavy (non-hydrogen) atoms. The molecule has 0 atom stereocenters. The van der Waals surface area contributed by atoms with Gasteiger partial charge in [-0.3, -0.25) is 0 Å². The Labute approximate surface area is 298 Å². The predicted molar refractivity (Wildman–Crippen MR) is 206 cm³/mol. The summed E-state index contributed by atoms with van der Waals surface area (Å²) in [5.74, 6) is 5.17. The van der Waals surface area contributed by atoms with E-state index >= 15 is 0 Å². The van der Waals surface area contributed by atoms with Crippen LogP contribution < -0.4 is 9.64 Å². The van der Waals surface area contributed by atoms with Crippen molar-refractivity contribution in [2.24, 2.45) is 23.7 Å². The van der Waals surface area contributed by atoms with E-state index in [-0.39, 0.29) is 16.2 Å². The Bertz CT molecular complexity index is 2080. The van der Waals surface area contributed by atoms with Gasteiger partial charge < -0.3 is 9.64 Å². The molecule has 4 fully saturated rings. The van der Waals surface area contributed by atoms with E-state index in [9.17, 15) is 0 Å². The van der Waals surface area contributed by atoms with E-state index in [0.717, 1.165) is 23.3 Å². The summed E-state index contributed by atoms with van der Waals surface area (Å²) in [7, 11) is 0. The highest BCUT2D eigenvalue weighted by Gasteiger charge is 2.62. The van der Waals surface area contributed by atoms with Gasteiger partial charge in [-0.2, -0.15) is 0 Å². The molecule has 252 valence electrons. The first-order valence-corrected chi connectivity index (χ1v) is 19.2. The minimum Gasteiger partial charge on any atom is -0.457 e. The van der Waals surface area contributed by atoms with Gasteiger partial charge in [-0.05, 0) is 132 Å². The average molecular weight is 656 g/mol. The lowest BCUT2D eigenvalue weighted by Crippen LogP contribution is -2.57. The number of nitrogens with zero attached hydrogens (tertiary/aromatic N) is 1. The predicted octanol–water partition coefficient (Wildman–Crippen LogP) is 13.0. The van der Waals surface area contributed by atoms with Gasteiger partial charge >= 0.3 is 0 Å². The molecule has 4 saturated carbocycles. The van der Waals surface area contributed by atoms with Crippen molar-refractivity contribution in [2.75, 3.05) is 4.90 Å². The molecule has 1 aliphatic heterocycles. The Kier molecular flexibility index (Phi) is 6.62. The lowest BCUT2D eigenvalue weighted by atomic mass is 9.41. The summed E-state index contributed by atoms with van der Waals surface area (Å²) in [6, 6.07) is 43.4. The van der Waals surface area contributed by atoms with Gasteiger partial charge in [0.2, 0.25) is 0 Å². The van der Waals surface area contributed by atoms with Crippen molar-refractivity contribution in [1.82, 2.24) is 0 Å². The van der Waals surface area contributed by atoms with Crippen LogP contribution in [0.25, 0.3) is 11.1 Å². The van der Waals surface area contributed by atoms with Crippen LogP contribution in [-0.4, -0.2) is 0 Å². The zero-order chi connectivity index (χ0) is 33.8. The molecule has 0 unspecified atom stereocenters. The first kappa shape index (κ1) is 30.5. The Morgan fingerprint density at radius 1 is 0.540 bits per heavy atom. The zero-order valence-corrected chi connectivity index (χ0v) is 30.1. The molecule has 0 amide bonds. The molecule has 1 spiro atoms. The zero-order valence-electron chi connectivity index (χ0n) is 30.1. The largest absolute Gasteiger partial charge is 0.457 e. The van der Waals surface area contributed by atoms with Gasteiger partial charge in [0, 0.05) is 28.3 Å². The number of ether oxygens (including phenoxy) is 1. The maximum absolute atomic E-state index is 7.19. The quantitative estimate of drug-likeness (QED) is 0.191. The van der Waals surface area contributed by atoms with Crippen molar-refractivity contribution >= 4 is 17.1 Å². The number of para-hydroxylation sites is 2. The first-order valence-electron chi connectivity index (χ1n) is 19.2. The van der Waals surface area contributed by atoms with Crippen LogP contribution in [0.2, 0.25) is 0 Å². The van der Waals surface area contributed by atoms with E-state index in [1.807, 2.05) is 0 Å². The molecule has 4 bridgehead atoms. The van der Waals surface area contributed by atoms with Crippen molar-refractivity contribution in [3.8, 4) is 22.6 Å². The van der Waals surface area contributed by atoms with Crippen LogP contribution in [-0.2, 0) is 16.2 Å². The topological polar surface area (TPSA) is 12.5 Å². The van der Waals surface area contributed by atoms with E-state index in [1.54, 1.807) is 0 Å². The SMILES string of the molecule is CC1(C)CCC(C)(C)c2c(N(c3ccccc3)c3cc4c(c(-c5ccccc5)c3)C3(c5ccccc5O4)C4CC5CC(C4)CC3C5)cccc21. The monoisotopic (exact) mass is 655 g/mol. The van der Waals surface area contributed by atoms with Gasteiger partial charge in [0.1, 0.15) is 11.5 Å². The van der Waals surface area contributed by atoms with Crippen molar-refractivity contribution in [2.45, 2.75) is 88.9 Å². The minimum atomic E-state index is -0.0309. The number of hydrogen-bond acceptors (Lipinski definition) is 2. The van der Waals surface area contributed by atoms with E-state index in [1.165, 1.54) is 95.4 Å². The molecular formula is C48H49NO. The molecular weight excluding hydrogens is 607 g/mol. The van der Waals surface area contributed by atoms with Crippen LogP contribution in [0.3, 0.4) is 0 Å². The second-order valence-corrected chi connectivity index (χ2v) is 17.6. The van der Waals surface area contributed by atoms with Gasteiger partial charge in [0.25, 0.3) is 0 Å². The highest BCUT2D eigenvalue weighted by molar-refractivity contribution is 5.87. The Morgan fingerprint density at radius 3 is 1.88 bits per heavy atom. The maximum atomic E-state index is 7.19. The van der Waals surface area contributed by atoms with Gasteiger partial charge in [-0.15, -0.1) is 0 Å². The molecule has 5 aliphatic carbocycles. The molecule has 11 rings (SSSR count). The molecule has 0 aromatic heterocycles. The van der Waals surface area contributed by atoms with Crippen LogP contribution in [0.5, 0.6) is 11.5 Å². The van der Waals surface area contributed by atoms with Crippen LogP contribution >= 0.6 is 0 Å². The number of fused-ring (bicyclic) bond motifs is 3. The van der Waals surface area contributed by atoms with Crippen molar-refractivity contribution in [1.29, 1.82) is 0 Å². The summed E-state index contributed by atoms with van der Waals surface area (Å²) < 4.78 is 7.19. The maximum Gasteiger partial charge on any atom is 0.134 e. The van der Waals surface area contributed by atoms with E-state index in [0.29, 0.717) is 11.8 Å². The van der Waals surface area contributed by atoms with Crippen molar-refractivity contribution in [3.63, 3.8) is 0 Å². The summed E-state index contributed by atoms with van der Waals surface area (Å²) in [6.07, 6.45) is 9.17. The minimum absolute atomic E-state index is 0.0309. The number of rotatable bonds is 4. The van der Waals surface area contributed by atoms with Gasteiger partial charge in [-0.25, -0.2) is 0 Å². The standard InChI is InChI=1S/C48H49NO/c1-46(2)22-23-47(3,4)45-40(46)19-13-20-41(45)49(36-16-9-6-10-17-36)37-29-38(33-14-7-5-8-15-33)44-43(30-37)50-42-21-12-11-18-39(42)48(44)34-25-31-24-32(27-34)28-35(48)26-31/h5-21,29-32,34-35H,22-28H2,1-4H3. The van der Waals surface area contributed by atoms with Gasteiger partial charge in [0.15, 0.2) is 0 Å². The third kappa shape index (κ3) is 4.33. The van der Waals surface area contributed by atoms with Crippen LogP contribution in [0, 0.1) is 23.7 Å². The summed E-state index contributed by atoms with van der Waals surface area (Å²) >= 11 is 0. The average Bonchev–Trinajstić information content (AvgIpc) is 3.12. The Morgan fingerprint density at radius 2 is 1.16 bits per heavy atom.